The number of aromatic hydroxyl groups is 1. The Labute approximate surface area is 169 Å². The summed E-state index contributed by atoms with van der Waals surface area (Å²) < 4.78 is 5.18. The topological polar surface area (TPSA) is 61.4 Å². The second-order valence-electron chi connectivity index (χ2n) is 7.27. The van der Waals surface area contributed by atoms with Gasteiger partial charge in [-0.25, -0.2) is 0 Å². The Kier molecular flexibility index (Phi) is 5.55. The molecule has 4 rings (SSSR count). The van der Waals surface area contributed by atoms with Crippen LogP contribution in [0.1, 0.15) is 30.0 Å². The van der Waals surface area contributed by atoms with Crippen LogP contribution in [0.2, 0.25) is 5.02 Å². The van der Waals surface area contributed by atoms with Crippen LogP contribution in [0.25, 0.3) is 11.1 Å². The lowest BCUT2D eigenvalue weighted by Gasteiger charge is -2.33. The third-order valence-electron chi connectivity index (χ3n) is 5.42. The minimum atomic E-state index is 0.282. The Morgan fingerprint density at radius 2 is 2.07 bits per heavy atom. The van der Waals surface area contributed by atoms with Crippen LogP contribution >= 0.6 is 11.6 Å². The maximum absolute atomic E-state index is 10.3. The minimum absolute atomic E-state index is 0.282. The molecule has 1 aromatic heterocycles. The number of benzene rings is 2. The number of nitrogens with one attached hydrogen (secondary N) is 1. The summed E-state index contributed by atoms with van der Waals surface area (Å²) in [5.74, 6) is 1.33. The number of hydrogen-bond acceptors (Lipinski definition) is 4. The molecule has 3 aromatic rings. The molecule has 6 heteroatoms. The van der Waals surface area contributed by atoms with E-state index < -0.39 is 0 Å². The highest BCUT2D eigenvalue weighted by Crippen LogP contribution is 2.34. The van der Waals surface area contributed by atoms with Gasteiger partial charge in [0.15, 0.2) is 0 Å². The van der Waals surface area contributed by atoms with Crippen molar-refractivity contribution < 1.29 is 9.84 Å². The van der Waals surface area contributed by atoms with Gasteiger partial charge in [-0.1, -0.05) is 29.8 Å². The summed E-state index contributed by atoms with van der Waals surface area (Å²) in [6.45, 7) is 2.66. The van der Waals surface area contributed by atoms with Gasteiger partial charge in [0.2, 0.25) is 0 Å². The van der Waals surface area contributed by atoms with Crippen LogP contribution in [0.5, 0.6) is 11.5 Å². The van der Waals surface area contributed by atoms with Crippen molar-refractivity contribution in [1.29, 1.82) is 0 Å². The number of aromatic amines is 1. The van der Waals surface area contributed by atoms with E-state index in [0.29, 0.717) is 11.7 Å². The zero-order valence-electron chi connectivity index (χ0n) is 15.9. The van der Waals surface area contributed by atoms with Gasteiger partial charge in [0.25, 0.3) is 0 Å². The molecule has 0 amide bonds. The molecule has 1 aliphatic heterocycles. The number of likely N-dealkylation sites (tertiary alicyclic amines) is 1. The quantitative estimate of drug-likeness (QED) is 0.647. The van der Waals surface area contributed by atoms with Crippen molar-refractivity contribution in [1.82, 2.24) is 15.1 Å². The summed E-state index contributed by atoms with van der Waals surface area (Å²) in [7, 11) is 1.60. The number of H-pyrrole nitrogens is 1. The molecular weight excluding hydrogens is 374 g/mol. The lowest BCUT2D eigenvalue weighted by Crippen LogP contribution is -2.34. The highest BCUT2D eigenvalue weighted by atomic mass is 35.5. The average molecular weight is 398 g/mol. The molecule has 28 heavy (non-hydrogen) atoms. The van der Waals surface area contributed by atoms with Crippen molar-refractivity contribution in [2.75, 3.05) is 20.2 Å². The molecule has 1 aliphatic rings. The molecule has 0 bridgehead atoms. The van der Waals surface area contributed by atoms with Crippen molar-refractivity contribution in [2.24, 2.45) is 0 Å². The number of halogens is 1. The smallest absolute Gasteiger partial charge is 0.123 e. The van der Waals surface area contributed by atoms with Crippen molar-refractivity contribution >= 4 is 11.6 Å². The number of rotatable bonds is 5. The lowest BCUT2D eigenvalue weighted by molar-refractivity contribution is 0.196. The van der Waals surface area contributed by atoms with Gasteiger partial charge in [0.05, 0.1) is 13.3 Å². The second-order valence-corrected chi connectivity index (χ2v) is 7.71. The van der Waals surface area contributed by atoms with Crippen LogP contribution in [-0.4, -0.2) is 40.4 Å². The molecule has 0 saturated carbocycles. The third kappa shape index (κ3) is 4.01. The van der Waals surface area contributed by atoms with E-state index in [1.54, 1.807) is 13.2 Å². The number of phenolic OH excluding ortho intramolecular Hbond substituents is 1. The van der Waals surface area contributed by atoms with Crippen LogP contribution < -0.4 is 4.74 Å². The molecule has 5 nitrogen and oxygen atoms in total. The van der Waals surface area contributed by atoms with E-state index >= 15 is 0 Å². The Morgan fingerprint density at radius 3 is 2.82 bits per heavy atom. The first-order chi connectivity index (χ1) is 13.6. The largest absolute Gasteiger partial charge is 0.507 e. The molecule has 0 spiro atoms. The minimum Gasteiger partial charge on any atom is -0.507 e. The van der Waals surface area contributed by atoms with Gasteiger partial charge in [0.1, 0.15) is 11.5 Å². The first-order valence-electron chi connectivity index (χ1n) is 9.51. The standard InChI is InChI=1S/C22H24ClN3O2/c1-28-19-9-6-16(21(27)11-19)13-26-10-2-3-17(14-26)22-20(12-24-25-22)15-4-7-18(23)8-5-15/h4-9,11-12,17,27H,2-3,10,13-14H2,1H3,(H,24,25)/t17-/m0/s1. The number of hydrogen-bond donors (Lipinski definition) is 2. The van der Waals surface area contributed by atoms with Gasteiger partial charge >= 0.3 is 0 Å². The van der Waals surface area contributed by atoms with Crippen molar-refractivity contribution in [3.8, 4) is 22.6 Å². The number of piperidine rings is 1. The molecule has 1 atom stereocenters. The highest BCUT2D eigenvalue weighted by molar-refractivity contribution is 6.30. The van der Waals surface area contributed by atoms with Gasteiger partial charge in [-0.05, 0) is 43.1 Å². The van der Waals surface area contributed by atoms with E-state index in [-0.39, 0.29) is 5.75 Å². The number of phenols is 1. The normalized spacial score (nSPS) is 17.6. The molecular formula is C22H24ClN3O2. The Morgan fingerprint density at radius 1 is 1.25 bits per heavy atom. The molecule has 2 aromatic carbocycles. The molecule has 0 unspecified atom stereocenters. The fourth-order valence-electron chi connectivity index (χ4n) is 3.95. The monoisotopic (exact) mass is 397 g/mol. The fourth-order valence-corrected chi connectivity index (χ4v) is 4.07. The van der Waals surface area contributed by atoms with Gasteiger partial charge in [-0.2, -0.15) is 5.10 Å². The molecule has 0 radical (unpaired) electrons. The van der Waals surface area contributed by atoms with Crippen LogP contribution in [0, 0.1) is 0 Å². The van der Waals surface area contributed by atoms with Crippen LogP contribution in [-0.2, 0) is 6.54 Å². The van der Waals surface area contributed by atoms with Crippen molar-refractivity contribution in [2.45, 2.75) is 25.3 Å². The lowest BCUT2D eigenvalue weighted by atomic mass is 9.90. The van der Waals surface area contributed by atoms with Crippen LogP contribution in [0.4, 0.5) is 0 Å². The predicted octanol–water partition coefficient (Wildman–Crippen LogP) is 4.82. The van der Waals surface area contributed by atoms with E-state index in [1.165, 1.54) is 5.69 Å². The Balaban J connectivity index is 1.50. The summed E-state index contributed by atoms with van der Waals surface area (Å²) >= 11 is 6.03. The average Bonchev–Trinajstić information content (AvgIpc) is 3.20. The Hall–Kier alpha value is -2.50. The molecule has 0 aliphatic carbocycles. The van der Waals surface area contributed by atoms with E-state index in [1.807, 2.05) is 42.6 Å². The summed E-state index contributed by atoms with van der Waals surface area (Å²) in [4.78, 5) is 2.39. The maximum Gasteiger partial charge on any atom is 0.123 e. The summed E-state index contributed by atoms with van der Waals surface area (Å²) in [6, 6.07) is 13.4. The Bertz CT molecular complexity index is 939. The maximum atomic E-state index is 10.3. The highest BCUT2D eigenvalue weighted by Gasteiger charge is 2.25. The first kappa shape index (κ1) is 18.8. The molecule has 146 valence electrons. The van der Waals surface area contributed by atoms with Crippen LogP contribution in [0.15, 0.2) is 48.7 Å². The third-order valence-corrected chi connectivity index (χ3v) is 5.68. The van der Waals surface area contributed by atoms with Gasteiger partial charge in [-0.15, -0.1) is 0 Å². The fraction of sp³-hybridized carbons (Fsp3) is 0.318. The second kappa shape index (κ2) is 8.25. The van der Waals surface area contributed by atoms with E-state index in [9.17, 15) is 5.11 Å². The number of aromatic nitrogens is 2. The summed E-state index contributed by atoms with van der Waals surface area (Å²) in [5.41, 5.74) is 4.35. The zero-order valence-corrected chi connectivity index (χ0v) is 16.6. The summed E-state index contributed by atoms with van der Waals surface area (Å²) in [6.07, 6.45) is 4.13. The van der Waals surface area contributed by atoms with Crippen molar-refractivity contribution in [3.05, 3.63) is 64.9 Å². The molecule has 2 N–H and O–H groups in total. The number of ether oxygens (including phenoxy) is 1. The van der Waals surface area contributed by atoms with Crippen LogP contribution in [0.3, 0.4) is 0 Å². The van der Waals surface area contributed by atoms with E-state index in [4.69, 9.17) is 16.3 Å². The summed E-state index contributed by atoms with van der Waals surface area (Å²) in [5, 5.41) is 18.5. The zero-order chi connectivity index (χ0) is 19.5. The van der Waals surface area contributed by atoms with Gasteiger partial charge in [-0.3, -0.25) is 10.00 Å². The van der Waals surface area contributed by atoms with E-state index in [0.717, 1.165) is 54.2 Å². The number of nitrogens with zero attached hydrogens (tertiary/aromatic N) is 2. The molecule has 2 heterocycles. The SMILES string of the molecule is COc1ccc(CN2CCC[C@H](c3[nH]ncc3-c3ccc(Cl)cc3)C2)c(O)c1. The van der Waals surface area contributed by atoms with Crippen molar-refractivity contribution in [3.63, 3.8) is 0 Å². The van der Waals surface area contributed by atoms with Gasteiger partial charge in [0, 0.05) is 46.9 Å². The molecule has 1 saturated heterocycles. The first-order valence-corrected chi connectivity index (χ1v) is 9.89. The van der Waals surface area contributed by atoms with E-state index in [2.05, 4.69) is 15.1 Å². The van der Waals surface area contributed by atoms with Gasteiger partial charge < -0.3 is 9.84 Å². The predicted molar refractivity (Wildman–Crippen MR) is 111 cm³/mol. The molecule has 1 fully saturated rings. The number of methoxy groups -OCH3 is 1.